The largest absolute Gasteiger partial charge is 0.261 e. The van der Waals surface area contributed by atoms with Crippen molar-refractivity contribution in [3.05, 3.63) is 47.2 Å². The second-order valence-electron chi connectivity index (χ2n) is 5.03. The Morgan fingerprint density at radius 3 is 2.79 bits per heavy atom. The Balaban J connectivity index is 2.21. The Morgan fingerprint density at radius 1 is 1.16 bits per heavy atom. The molecular formula is C14H14N4S. The minimum absolute atomic E-state index is 0.287. The van der Waals surface area contributed by atoms with E-state index in [0.29, 0.717) is 0 Å². The lowest BCUT2D eigenvalue weighted by atomic mass is 9.85. The predicted molar refractivity (Wildman–Crippen MR) is 76.3 cm³/mol. The molecule has 0 saturated carbocycles. The van der Waals surface area contributed by atoms with E-state index in [9.17, 15) is 0 Å². The van der Waals surface area contributed by atoms with Gasteiger partial charge < -0.3 is 0 Å². The molecule has 5 heteroatoms. The normalized spacial score (nSPS) is 11.9. The maximum absolute atomic E-state index is 4.59. The zero-order valence-electron chi connectivity index (χ0n) is 11.1. The molecule has 0 bridgehead atoms. The number of rotatable bonds is 2. The minimum atomic E-state index is -0.287. The first kappa shape index (κ1) is 12.2. The summed E-state index contributed by atoms with van der Waals surface area (Å²) in [6, 6.07) is 2.02. The van der Waals surface area contributed by atoms with Gasteiger partial charge in [0.25, 0.3) is 0 Å². The molecule has 0 aliphatic rings. The molecule has 0 amide bonds. The van der Waals surface area contributed by atoms with Gasteiger partial charge in [0.2, 0.25) is 0 Å². The fourth-order valence-electron chi connectivity index (χ4n) is 2.12. The molecular weight excluding hydrogens is 256 g/mol. The van der Waals surface area contributed by atoms with Crippen LogP contribution in [0.1, 0.15) is 30.9 Å². The van der Waals surface area contributed by atoms with Crippen LogP contribution >= 0.6 is 11.3 Å². The summed E-state index contributed by atoms with van der Waals surface area (Å²) >= 11 is 1.67. The number of nitrogens with zero attached hydrogens (tertiary/aromatic N) is 4. The van der Waals surface area contributed by atoms with Crippen LogP contribution in [0.15, 0.2) is 30.2 Å². The molecule has 4 nitrogen and oxygen atoms in total. The van der Waals surface area contributed by atoms with Gasteiger partial charge in [-0.25, -0.2) is 9.97 Å². The second kappa shape index (κ2) is 4.35. The van der Waals surface area contributed by atoms with E-state index in [1.165, 1.54) is 0 Å². The third-order valence-electron chi connectivity index (χ3n) is 3.23. The van der Waals surface area contributed by atoms with Crippen molar-refractivity contribution in [1.82, 2.24) is 19.9 Å². The van der Waals surface area contributed by atoms with E-state index in [4.69, 9.17) is 0 Å². The predicted octanol–water partition coefficient (Wildman–Crippen LogP) is 3.12. The average molecular weight is 270 g/mol. The van der Waals surface area contributed by atoms with Crippen molar-refractivity contribution in [2.75, 3.05) is 0 Å². The van der Waals surface area contributed by atoms with Crippen molar-refractivity contribution in [1.29, 1.82) is 0 Å². The molecule has 0 aliphatic carbocycles. The van der Waals surface area contributed by atoms with E-state index in [-0.39, 0.29) is 5.41 Å². The molecule has 0 unspecified atom stereocenters. The van der Waals surface area contributed by atoms with Gasteiger partial charge in [0, 0.05) is 12.4 Å². The number of aromatic nitrogens is 4. The fourth-order valence-corrected chi connectivity index (χ4v) is 3.11. The molecule has 0 atom stereocenters. The lowest BCUT2D eigenvalue weighted by molar-refractivity contribution is 0.595. The molecule has 3 rings (SSSR count). The number of thiophene rings is 1. The maximum atomic E-state index is 4.59. The van der Waals surface area contributed by atoms with Crippen LogP contribution in [0.5, 0.6) is 0 Å². The lowest BCUT2D eigenvalue weighted by Crippen LogP contribution is -2.23. The number of hydrogen-bond donors (Lipinski definition) is 0. The second-order valence-corrected chi connectivity index (χ2v) is 5.94. The first-order valence-electron chi connectivity index (χ1n) is 6.07. The summed E-state index contributed by atoms with van der Waals surface area (Å²) in [6.45, 7) is 6.20. The Bertz CT molecular complexity index is 733. The summed E-state index contributed by atoms with van der Waals surface area (Å²) in [4.78, 5) is 17.6. The van der Waals surface area contributed by atoms with Crippen LogP contribution in [0.2, 0.25) is 0 Å². The van der Waals surface area contributed by atoms with Gasteiger partial charge in [-0.05, 0) is 32.2 Å². The van der Waals surface area contributed by atoms with Crippen LogP contribution in [-0.2, 0) is 5.41 Å². The minimum Gasteiger partial charge on any atom is -0.261 e. The smallest absolute Gasteiger partial charge is 0.116 e. The average Bonchev–Trinajstić information content (AvgIpc) is 2.86. The zero-order valence-corrected chi connectivity index (χ0v) is 11.9. The molecule has 96 valence electrons. The van der Waals surface area contributed by atoms with Gasteiger partial charge in [-0.15, -0.1) is 11.3 Å². The number of hydrogen-bond acceptors (Lipinski definition) is 5. The van der Waals surface area contributed by atoms with Gasteiger partial charge in [-0.1, -0.05) is 0 Å². The van der Waals surface area contributed by atoms with Crippen molar-refractivity contribution < 1.29 is 0 Å². The Hall–Kier alpha value is -1.88. The molecule has 0 aromatic carbocycles. The van der Waals surface area contributed by atoms with Crippen LogP contribution in [0, 0.1) is 6.92 Å². The zero-order chi connectivity index (χ0) is 13.5. The van der Waals surface area contributed by atoms with E-state index in [0.717, 1.165) is 27.3 Å². The van der Waals surface area contributed by atoms with Gasteiger partial charge in [0.1, 0.15) is 6.33 Å². The summed E-state index contributed by atoms with van der Waals surface area (Å²) in [5.74, 6) is 0. The van der Waals surface area contributed by atoms with Crippen molar-refractivity contribution in [2.45, 2.75) is 26.2 Å². The monoisotopic (exact) mass is 270 g/mol. The SMILES string of the molecule is Cc1cncc(C(C)(C)c2ncnc3ccsc23)n1. The van der Waals surface area contributed by atoms with E-state index >= 15 is 0 Å². The third kappa shape index (κ3) is 2.00. The third-order valence-corrected chi connectivity index (χ3v) is 4.14. The molecule has 0 aliphatic heterocycles. The van der Waals surface area contributed by atoms with Gasteiger partial charge in [-0.2, -0.15) is 0 Å². The van der Waals surface area contributed by atoms with Gasteiger partial charge in [-0.3, -0.25) is 9.97 Å². The highest BCUT2D eigenvalue weighted by atomic mass is 32.1. The van der Waals surface area contributed by atoms with Crippen molar-refractivity contribution >= 4 is 21.6 Å². The summed E-state index contributed by atoms with van der Waals surface area (Å²) in [5.41, 5.74) is 3.56. The summed E-state index contributed by atoms with van der Waals surface area (Å²) in [6.07, 6.45) is 5.20. The lowest BCUT2D eigenvalue weighted by Gasteiger charge is -2.23. The molecule has 3 aromatic rings. The van der Waals surface area contributed by atoms with E-state index < -0.39 is 0 Å². The molecule has 0 radical (unpaired) electrons. The van der Waals surface area contributed by atoms with Crippen molar-refractivity contribution in [2.24, 2.45) is 0 Å². The van der Waals surface area contributed by atoms with Crippen LogP contribution in [0.4, 0.5) is 0 Å². The molecule has 3 aromatic heterocycles. The standard InChI is InChI=1S/C14H14N4S/c1-9-6-15-7-11(18-9)14(2,3)13-12-10(4-5-19-12)16-8-17-13/h4-8H,1-3H3. The molecule has 0 spiro atoms. The van der Waals surface area contributed by atoms with Crippen LogP contribution in [-0.4, -0.2) is 19.9 Å². The molecule has 0 saturated heterocycles. The molecule has 19 heavy (non-hydrogen) atoms. The maximum Gasteiger partial charge on any atom is 0.116 e. The van der Waals surface area contributed by atoms with Gasteiger partial charge in [0.05, 0.1) is 32.7 Å². The highest BCUT2D eigenvalue weighted by molar-refractivity contribution is 7.17. The van der Waals surface area contributed by atoms with Gasteiger partial charge in [0.15, 0.2) is 0 Å². The summed E-state index contributed by atoms with van der Waals surface area (Å²) < 4.78 is 1.12. The van der Waals surface area contributed by atoms with E-state index in [1.807, 2.05) is 24.6 Å². The Morgan fingerprint density at radius 2 is 2.00 bits per heavy atom. The van der Waals surface area contributed by atoms with Crippen molar-refractivity contribution in [3.63, 3.8) is 0 Å². The van der Waals surface area contributed by atoms with Gasteiger partial charge >= 0.3 is 0 Å². The van der Waals surface area contributed by atoms with E-state index in [2.05, 4.69) is 33.8 Å². The quantitative estimate of drug-likeness (QED) is 0.718. The molecule has 0 fully saturated rings. The Kier molecular flexibility index (Phi) is 2.78. The van der Waals surface area contributed by atoms with Crippen LogP contribution in [0.3, 0.4) is 0 Å². The van der Waals surface area contributed by atoms with E-state index in [1.54, 1.807) is 23.9 Å². The fraction of sp³-hybridized carbons (Fsp3) is 0.286. The number of aryl methyl sites for hydroxylation is 1. The topological polar surface area (TPSA) is 51.6 Å². The van der Waals surface area contributed by atoms with Crippen molar-refractivity contribution in [3.8, 4) is 0 Å². The summed E-state index contributed by atoms with van der Waals surface area (Å²) in [7, 11) is 0. The Labute approximate surface area is 115 Å². The summed E-state index contributed by atoms with van der Waals surface area (Å²) in [5, 5.41) is 2.04. The van der Waals surface area contributed by atoms with Crippen LogP contribution < -0.4 is 0 Å². The number of fused-ring (bicyclic) bond motifs is 1. The first-order valence-corrected chi connectivity index (χ1v) is 6.95. The first-order chi connectivity index (χ1) is 9.09. The van der Waals surface area contributed by atoms with Crippen LogP contribution in [0.25, 0.3) is 10.2 Å². The molecule has 3 heterocycles. The highest BCUT2D eigenvalue weighted by Crippen LogP contribution is 2.34. The molecule has 0 N–H and O–H groups in total. The highest BCUT2D eigenvalue weighted by Gasteiger charge is 2.29.